The van der Waals surface area contributed by atoms with E-state index in [0.29, 0.717) is 13.0 Å². The maximum absolute atomic E-state index is 12.5. The van der Waals surface area contributed by atoms with E-state index in [1.54, 1.807) is 4.90 Å². The molecular weight excluding hydrogens is 425 g/mol. The zero-order valence-electron chi connectivity index (χ0n) is 13.9. The summed E-state index contributed by atoms with van der Waals surface area (Å²) in [6.45, 7) is -0.279. The van der Waals surface area contributed by atoms with Crippen LogP contribution in [0.1, 0.15) is 23.2 Å². The first-order chi connectivity index (χ1) is 12.6. The van der Waals surface area contributed by atoms with E-state index in [0.717, 1.165) is 6.42 Å². The number of alkyl halides is 3. The van der Waals surface area contributed by atoms with Crippen molar-refractivity contribution in [1.82, 2.24) is 4.90 Å². The van der Waals surface area contributed by atoms with Crippen molar-refractivity contribution in [2.75, 3.05) is 24.8 Å². The van der Waals surface area contributed by atoms with Gasteiger partial charge in [0.15, 0.2) is 5.03 Å². The molecule has 2 amide bonds. The summed E-state index contributed by atoms with van der Waals surface area (Å²) in [7, 11) is 0. The summed E-state index contributed by atoms with van der Waals surface area (Å²) in [5.41, 5.74) is 0.142. The molecule has 148 valence electrons. The standard InChI is InChI=1S/C15H16Cl3N3O6/c16-15(17,18)9-27-14(24)20(21(25)26)11-5-3-10(4-6-11)13(23)19-7-1-2-12(19)8-22/h3-6,12,22H,1-2,7-9H2. The first-order valence-electron chi connectivity index (χ1n) is 7.84. The molecule has 9 nitrogen and oxygen atoms in total. The van der Waals surface area contributed by atoms with Crippen molar-refractivity contribution in [3.8, 4) is 0 Å². The van der Waals surface area contributed by atoms with E-state index in [1.807, 2.05) is 0 Å². The molecule has 1 saturated heterocycles. The third-order valence-electron chi connectivity index (χ3n) is 3.90. The lowest BCUT2D eigenvalue weighted by molar-refractivity contribution is -0.483. The molecule has 1 unspecified atom stereocenters. The van der Waals surface area contributed by atoms with Gasteiger partial charge in [0.1, 0.15) is 12.3 Å². The lowest BCUT2D eigenvalue weighted by Gasteiger charge is -2.23. The van der Waals surface area contributed by atoms with Crippen LogP contribution in [-0.2, 0) is 4.74 Å². The molecule has 1 atom stereocenters. The van der Waals surface area contributed by atoms with Crippen molar-refractivity contribution in [2.24, 2.45) is 0 Å². The number of benzene rings is 1. The van der Waals surface area contributed by atoms with E-state index in [-0.39, 0.29) is 34.8 Å². The fraction of sp³-hybridized carbons (Fsp3) is 0.467. The quantitative estimate of drug-likeness (QED) is 0.428. The van der Waals surface area contributed by atoms with E-state index in [1.165, 1.54) is 24.3 Å². The Morgan fingerprint density at radius 3 is 2.48 bits per heavy atom. The van der Waals surface area contributed by atoms with E-state index >= 15 is 0 Å². The molecule has 2 rings (SSSR count). The van der Waals surface area contributed by atoms with Gasteiger partial charge >= 0.3 is 6.09 Å². The van der Waals surface area contributed by atoms with Gasteiger partial charge < -0.3 is 14.7 Å². The minimum absolute atomic E-state index is 0.131. The van der Waals surface area contributed by atoms with Crippen molar-refractivity contribution in [1.29, 1.82) is 0 Å². The van der Waals surface area contributed by atoms with Gasteiger partial charge in [0.05, 0.1) is 12.6 Å². The average molecular weight is 441 g/mol. The third-order valence-corrected chi connectivity index (χ3v) is 4.23. The molecule has 12 heteroatoms. The number of aliphatic hydroxyl groups is 1. The monoisotopic (exact) mass is 439 g/mol. The first kappa shape index (κ1) is 21.5. The molecular formula is C15H16Cl3N3O6. The summed E-state index contributed by atoms with van der Waals surface area (Å²) in [6, 6.07) is 4.92. The van der Waals surface area contributed by atoms with E-state index < -0.39 is 21.5 Å². The Hall–Kier alpha value is -1.81. The maximum Gasteiger partial charge on any atom is 0.473 e. The largest absolute Gasteiger partial charge is 0.473 e. The molecule has 0 bridgehead atoms. The number of amides is 2. The van der Waals surface area contributed by atoms with Crippen LogP contribution in [0.25, 0.3) is 0 Å². The fourth-order valence-electron chi connectivity index (χ4n) is 2.67. The summed E-state index contributed by atoms with van der Waals surface area (Å²) in [6.07, 6.45) is 0.161. The molecule has 0 aliphatic carbocycles. The van der Waals surface area contributed by atoms with Crippen LogP contribution in [-0.4, -0.2) is 56.6 Å². The number of halogens is 3. The molecule has 1 fully saturated rings. The predicted octanol–water partition coefficient (Wildman–Crippen LogP) is 2.79. The normalized spacial score (nSPS) is 16.9. The molecule has 0 spiro atoms. The second kappa shape index (κ2) is 8.92. The number of anilines is 1. The van der Waals surface area contributed by atoms with Crippen molar-refractivity contribution < 1.29 is 24.5 Å². The SMILES string of the molecule is O=C(c1ccc(N(C(=O)OCC(Cl)(Cl)Cl)[N+](=O)[O-])cc1)N1CCCC1CO. The Balaban J connectivity index is 2.14. The van der Waals surface area contributed by atoms with Gasteiger partial charge in [0, 0.05) is 17.1 Å². The van der Waals surface area contributed by atoms with E-state index in [2.05, 4.69) is 4.74 Å². The number of carbonyl (C=O) groups excluding carboxylic acids is 2. The number of aliphatic hydroxyl groups excluding tert-OH is 1. The molecule has 1 aromatic carbocycles. The summed E-state index contributed by atoms with van der Waals surface area (Å²) >= 11 is 16.4. The van der Waals surface area contributed by atoms with Crippen LogP contribution in [0.4, 0.5) is 10.5 Å². The summed E-state index contributed by atoms with van der Waals surface area (Å²) in [4.78, 5) is 37.2. The number of rotatable bonds is 5. The summed E-state index contributed by atoms with van der Waals surface area (Å²) in [5.74, 6) is -0.301. The van der Waals surface area contributed by atoms with Crippen LogP contribution in [0.15, 0.2) is 24.3 Å². The van der Waals surface area contributed by atoms with Gasteiger partial charge in [-0.15, -0.1) is 0 Å². The summed E-state index contributed by atoms with van der Waals surface area (Å²) in [5, 5.41) is 19.7. The number of ether oxygens (including phenoxy) is 1. The Bertz CT molecular complexity index is 710. The van der Waals surface area contributed by atoms with E-state index in [9.17, 15) is 24.8 Å². The van der Waals surface area contributed by atoms with Gasteiger partial charge in [-0.25, -0.2) is 14.9 Å². The highest BCUT2D eigenvalue weighted by molar-refractivity contribution is 6.67. The van der Waals surface area contributed by atoms with Gasteiger partial charge in [-0.1, -0.05) is 34.8 Å². The number of likely N-dealkylation sites (tertiary alicyclic amines) is 1. The highest BCUT2D eigenvalue weighted by atomic mass is 35.6. The van der Waals surface area contributed by atoms with Crippen molar-refractivity contribution in [3.05, 3.63) is 39.9 Å². The van der Waals surface area contributed by atoms with Gasteiger partial charge in [0.2, 0.25) is 3.79 Å². The van der Waals surface area contributed by atoms with E-state index in [4.69, 9.17) is 34.8 Å². The highest BCUT2D eigenvalue weighted by Crippen LogP contribution is 2.27. The smallest absolute Gasteiger partial charge is 0.441 e. The lowest BCUT2D eigenvalue weighted by atomic mass is 10.1. The van der Waals surface area contributed by atoms with Crippen LogP contribution in [0.5, 0.6) is 0 Å². The minimum Gasteiger partial charge on any atom is -0.441 e. The molecule has 1 heterocycles. The lowest BCUT2D eigenvalue weighted by Crippen LogP contribution is -2.38. The fourth-order valence-corrected chi connectivity index (χ4v) is 2.84. The summed E-state index contributed by atoms with van der Waals surface area (Å²) < 4.78 is 2.71. The number of nitro groups is 1. The predicted molar refractivity (Wildman–Crippen MR) is 98.7 cm³/mol. The Labute approximate surface area is 169 Å². The first-order valence-corrected chi connectivity index (χ1v) is 8.97. The third kappa shape index (κ3) is 5.58. The molecule has 0 aromatic heterocycles. The Morgan fingerprint density at radius 2 is 1.96 bits per heavy atom. The number of hydrogen-bond acceptors (Lipinski definition) is 6. The topological polar surface area (TPSA) is 113 Å². The zero-order valence-corrected chi connectivity index (χ0v) is 16.2. The number of hydrogen-bond donors (Lipinski definition) is 1. The Kier molecular flexibility index (Phi) is 7.10. The van der Waals surface area contributed by atoms with Crippen LogP contribution < -0.4 is 5.01 Å². The Morgan fingerprint density at radius 1 is 1.33 bits per heavy atom. The van der Waals surface area contributed by atoms with Gasteiger partial charge in [0.25, 0.3) is 5.91 Å². The maximum atomic E-state index is 12.5. The minimum atomic E-state index is -1.91. The zero-order chi connectivity index (χ0) is 20.2. The molecule has 27 heavy (non-hydrogen) atoms. The average Bonchev–Trinajstić information content (AvgIpc) is 3.08. The number of nitrogens with zero attached hydrogens (tertiary/aromatic N) is 3. The number of hydrazine groups is 1. The highest BCUT2D eigenvalue weighted by Gasteiger charge is 2.33. The second-order valence-corrected chi connectivity index (χ2v) is 8.26. The molecule has 0 radical (unpaired) electrons. The van der Waals surface area contributed by atoms with Gasteiger partial charge in [-0.05, 0) is 37.1 Å². The molecule has 0 saturated carbocycles. The van der Waals surface area contributed by atoms with Crippen molar-refractivity contribution in [2.45, 2.75) is 22.7 Å². The van der Waals surface area contributed by atoms with Crippen molar-refractivity contribution in [3.63, 3.8) is 0 Å². The number of carbonyl (C=O) groups is 2. The molecule has 1 aromatic rings. The van der Waals surface area contributed by atoms with Gasteiger partial charge in [-0.2, -0.15) is 0 Å². The molecule has 1 N–H and O–H groups in total. The molecule has 1 aliphatic rings. The van der Waals surface area contributed by atoms with Crippen LogP contribution in [0.3, 0.4) is 0 Å². The van der Waals surface area contributed by atoms with Crippen LogP contribution in [0, 0.1) is 10.1 Å². The van der Waals surface area contributed by atoms with Gasteiger partial charge in [-0.3, -0.25) is 4.79 Å². The molecule has 1 aliphatic heterocycles. The van der Waals surface area contributed by atoms with Crippen LogP contribution >= 0.6 is 34.8 Å². The second-order valence-electron chi connectivity index (χ2n) is 5.74. The van der Waals surface area contributed by atoms with Crippen LogP contribution in [0.2, 0.25) is 0 Å². The van der Waals surface area contributed by atoms with Crippen molar-refractivity contribution >= 4 is 52.5 Å².